The van der Waals surface area contributed by atoms with Crippen LogP contribution in [0.4, 0.5) is 10.1 Å². The molecule has 1 unspecified atom stereocenters. The van der Waals surface area contributed by atoms with Crippen LogP contribution in [0.2, 0.25) is 0 Å². The van der Waals surface area contributed by atoms with E-state index in [0.717, 1.165) is 10.2 Å². The van der Waals surface area contributed by atoms with Gasteiger partial charge in [0, 0.05) is 15.7 Å². The van der Waals surface area contributed by atoms with Crippen molar-refractivity contribution in [2.24, 2.45) is 10.7 Å². The van der Waals surface area contributed by atoms with Gasteiger partial charge in [0.2, 0.25) is 0 Å². The Balaban J connectivity index is 2.10. The maximum Gasteiger partial charge on any atom is 0.196 e. The van der Waals surface area contributed by atoms with Crippen molar-refractivity contribution in [1.82, 2.24) is 0 Å². The summed E-state index contributed by atoms with van der Waals surface area (Å²) in [5.41, 5.74) is 6.92. The molecule has 0 radical (unpaired) electrons. The fourth-order valence-corrected chi connectivity index (χ4v) is 3.00. The fourth-order valence-electron chi connectivity index (χ4n) is 2.74. The summed E-state index contributed by atoms with van der Waals surface area (Å²) >= 11 is 3.41. The van der Waals surface area contributed by atoms with Crippen LogP contribution in [0.25, 0.3) is 0 Å². The van der Waals surface area contributed by atoms with Gasteiger partial charge in [0.05, 0.1) is 12.1 Å². The van der Waals surface area contributed by atoms with Crippen molar-refractivity contribution in [2.75, 3.05) is 11.4 Å². The lowest BCUT2D eigenvalue weighted by Crippen LogP contribution is -2.48. The molecule has 2 aromatic carbocycles. The molecule has 0 fully saturated rings. The van der Waals surface area contributed by atoms with E-state index in [9.17, 15) is 4.39 Å². The predicted octanol–water partition coefficient (Wildman–Crippen LogP) is 3.64. The number of hydrogen-bond acceptors (Lipinski definition) is 3. The smallest absolute Gasteiger partial charge is 0.196 e. The van der Waals surface area contributed by atoms with Crippen LogP contribution in [0, 0.1) is 5.82 Å². The Morgan fingerprint density at radius 1 is 1.19 bits per heavy atom. The largest absolute Gasteiger partial charge is 0.369 e. The van der Waals surface area contributed by atoms with Gasteiger partial charge in [0.1, 0.15) is 5.82 Å². The van der Waals surface area contributed by atoms with Crippen molar-refractivity contribution in [3.05, 3.63) is 64.4 Å². The number of aliphatic imine (C=N–C) groups is 1. The van der Waals surface area contributed by atoms with E-state index in [2.05, 4.69) is 20.9 Å². The Morgan fingerprint density at radius 2 is 1.86 bits per heavy atom. The fraction of sp³-hybridized carbons (Fsp3) is 0.188. The first-order valence-corrected chi connectivity index (χ1v) is 7.42. The second kappa shape index (κ2) is 5.15. The van der Waals surface area contributed by atoms with Crippen LogP contribution >= 0.6 is 15.9 Å². The Hall–Kier alpha value is -1.88. The molecule has 108 valence electrons. The Kier molecular flexibility index (Phi) is 3.45. The average Bonchev–Trinajstić information content (AvgIpc) is 2.77. The molecule has 0 amide bonds. The molecule has 5 heteroatoms. The van der Waals surface area contributed by atoms with E-state index in [1.807, 2.05) is 42.2 Å². The molecule has 21 heavy (non-hydrogen) atoms. The molecule has 1 aliphatic heterocycles. The summed E-state index contributed by atoms with van der Waals surface area (Å²) in [6, 6.07) is 14.5. The summed E-state index contributed by atoms with van der Waals surface area (Å²) in [6.07, 6.45) is 0. The number of hydrogen-bond donors (Lipinski definition) is 1. The van der Waals surface area contributed by atoms with Gasteiger partial charge in [-0.2, -0.15) is 0 Å². The number of rotatable bonds is 2. The second-order valence-electron chi connectivity index (χ2n) is 5.24. The molecule has 3 rings (SSSR count). The number of anilines is 1. The molecule has 0 spiro atoms. The van der Waals surface area contributed by atoms with Crippen LogP contribution in [0.5, 0.6) is 0 Å². The Bertz CT molecular complexity index is 699. The van der Waals surface area contributed by atoms with Crippen molar-refractivity contribution in [2.45, 2.75) is 12.5 Å². The van der Waals surface area contributed by atoms with Gasteiger partial charge in [-0.25, -0.2) is 4.39 Å². The lowest BCUT2D eigenvalue weighted by Gasteiger charge is -2.36. The molecule has 0 aromatic heterocycles. The third kappa shape index (κ3) is 2.31. The Morgan fingerprint density at radius 3 is 2.52 bits per heavy atom. The van der Waals surface area contributed by atoms with E-state index >= 15 is 0 Å². The highest BCUT2D eigenvalue weighted by molar-refractivity contribution is 9.10. The highest BCUT2D eigenvalue weighted by Gasteiger charge is 2.42. The van der Waals surface area contributed by atoms with Gasteiger partial charge in [-0.05, 0) is 37.3 Å². The van der Waals surface area contributed by atoms with Gasteiger partial charge in [-0.3, -0.25) is 4.99 Å². The molecule has 2 N–H and O–H groups in total. The molecule has 1 aliphatic rings. The quantitative estimate of drug-likeness (QED) is 0.900. The topological polar surface area (TPSA) is 41.6 Å². The predicted molar refractivity (Wildman–Crippen MR) is 86.9 cm³/mol. The molecule has 0 saturated carbocycles. The minimum absolute atomic E-state index is 0.244. The van der Waals surface area contributed by atoms with Gasteiger partial charge in [-0.1, -0.05) is 34.1 Å². The number of benzene rings is 2. The SMILES string of the molecule is CC1(c2ccccc2F)CN=C(N)N1c1ccc(Br)cc1. The van der Waals surface area contributed by atoms with E-state index in [1.165, 1.54) is 6.07 Å². The van der Waals surface area contributed by atoms with Gasteiger partial charge in [-0.15, -0.1) is 0 Å². The molecule has 0 saturated heterocycles. The van der Waals surface area contributed by atoms with Crippen LogP contribution < -0.4 is 10.6 Å². The molecular weight excluding hydrogens is 333 g/mol. The van der Waals surface area contributed by atoms with Gasteiger partial charge in [0.15, 0.2) is 5.96 Å². The summed E-state index contributed by atoms with van der Waals surface area (Å²) in [5, 5.41) is 0. The number of nitrogens with two attached hydrogens (primary N) is 1. The summed E-state index contributed by atoms with van der Waals surface area (Å²) in [5.74, 6) is 0.162. The van der Waals surface area contributed by atoms with E-state index < -0.39 is 5.54 Å². The van der Waals surface area contributed by atoms with Crippen molar-refractivity contribution >= 4 is 27.6 Å². The van der Waals surface area contributed by atoms with Crippen LogP contribution in [-0.4, -0.2) is 12.5 Å². The van der Waals surface area contributed by atoms with Gasteiger partial charge in [0.25, 0.3) is 0 Å². The first-order valence-electron chi connectivity index (χ1n) is 6.63. The van der Waals surface area contributed by atoms with E-state index in [1.54, 1.807) is 12.1 Å². The maximum absolute atomic E-state index is 14.2. The van der Waals surface area contributed by atoms with Crippen molar-refractivity contribution in [3.63, 3.8) is 0 Å². The van der Waals surface area contributed by atoms with Crippen molar-refractivity contribution in [1.29, 1.82) is 0 Å². The maximum atomic E-state index is 14.2. The van der Waals surface area contributed by atoms with Gasteiger partial charge >= 0.3 is 0 Å². The van der Waals surface area contributed by atoms with Crippen LogP contribution in [0.1, 0.15) is 12.5 Å². The van der Waals surface area contributed by atoms with Gasteiger partial charge < -0.3 is 10.6 Å². The lowest BCUT2D eigenvalue weighted by atomic mass is 9.90. The zero-order valence-electron chi connectivity index (χ0n) is 11.6. The lowest BCUT2D eigenvalue weighted by molar-refractivity contribution is 0.488. The molecule has 0 bridgehead atoms. The van der Waals surface area contributed by atoms with E-state index in [-0.39, 0.29) is 5.82 Å². The number of halogens is 2. The highest BCUT2D eigenvalue weighted by Crippen LogP contribution is 2.38. The summed E-state index contributed by atoms with van der Waals surface area (Å²) in [6.45, 7) is 2.38. The number of nitrogens with zero attached hydrogens (tertiary/aromatic N) is 2. The molecular formula is C16H15BrFN3. The highest BCUT2D eigenvalue weighted by atomic mass is 79.9. The molecule has 1 heterocycles. The van der Waals surface area contributed by atoms with Crippen LogP contribution in [-0.2, 0) is 5.54 Å². The molecule has 3 nitrogen and oxygen atoms in total. The average molecular weight is 348 g/mol. The van der Waals surface area contributed by atoms with Crippen LogP contribution in [0.15, 0.2) is 58.0 Å². The molecule has 0 aliphatic carbocycles. The summed E-state index contributed by atoms with van der Waals surface area (Å²) in [4.78, 5) is 6.22. The third-order valence-electron chi connectivity index (χ3n) is 3.81. The van der Waals surface area contributed by atoms with Crippen LogP contribution in [0.3, 0.4) is 0 Å². The monoisotopic (exact) mass is 347 g/mol. The first-order chi connectivity index (χ1) is 10.0. The third-order valence-corrected chi connectivity index (χ3v) is 4.34. The van der Waals surface area contributed by atoms with Crippen molar-refractivity contribution in [3.8, 4) is 0 Å². The summed E-state index contributed by atoms with van der Waals surface area (Å²) < 4.78 is 15.2. The normalized spacial score (nSPS) is 21.5. The second-order valence-corrected chi connectivity index (χ2v) is 6.16. The van der Waals surface area contributed by atoms with E-state index in [4.69, 9.17) is 5.73 Å². The number of guanidine groups is 1. The first kappa shape index (κ1) is 14.1. The minimum atomic E-state index is -0.622. The minimum Gasteiger partial charge on any atom is -0.369 e. The molecule has 2 aromatic rings. The zero-order valence-corrected chi connectivity index (χ0v) is 13.1. The molecule has 1 atom stereocenters. The standard InChI is InChI=1S/C16H15BrFN3/c1-16(13-4-2-3-5-14(13)18)10-20-15(19)21(16)12-8-6-11(17)7-9-12/h2-9H,10H2,1H3,(H2,19,20). The zero-order chi connectivity index (χ0) is 15.0. The van der Waals surface area contributed by atoms with Crippen molar-refractivity contribution < 1.29 is 4.39 Å². The van der Waals surface area contributed by atoms with E-state index in [0.29, 0.717) is 18.1 Å². The summed E-state index contributed by atoms with van der Waals surface area (Å²) in [7, 11) is 0. The Labute approximate surface area is 131 Å².